The molecule has 0 aliphatic carbocycles. The zero-order chi connectivity index (χ0) is 14.8. The fourth-order valence-corrected chi connectivity index (χ4v) is 2.62. The normalized spacial score (nSPS) is 19.1. The highest BCUT2D eigenvalue weighted by molar-refractivity contribution is 5.30. The third-order valence-electron chi connectivity index (χ3n) is 3.62. The monoisotopic (exact) mass is 290 g/mol. The molecule has 1 heterocycles. The molecule has 0 bridgehead atoms. The predicted octanol–water partition coefficient (Wildman–Crippen LogP) is 3.03. The second-order valence-corrected chi connectivity index (χ2v) is 5.12. The predicted molar refractivity (Wildman–Crippen MR) is 69.0 cm³/mol. The van der Waals surface area contributed by atoms with Crippen LogP contribution in [0, 0.1) is 12.7 Å². The Hall–Kier alpha value is -1.14. The molecule has 1 saturated heterocycles. The number of hydrogen-bond donors (Lipinski definition) is 1. The smallest absolute Gasteiger partial charge is 0.314 e. The molecule has 20 heavy (non-hydrogen) atoms. The molecule has 1 aliphatic rings. The van der Waals surface area contributed by atoms with Gasteiger partial charge in [-0.25, -0.2) is 4.39 Å². The lowest BCUT2D eigenvalue weighted by Crippen LogP contribution is -2.46. The first kappa shape index (κ1) is 15.3. The summed E-state index contributed by atoms with van der Waals surface area (Å²) in [6, 6.07) is 3.23. The van der Waals surface area contributed by atoms with E-state index in [0.717, 1.165) is 0 Å². The van der Waals surface area contributed by atoms with Crippen LogP contribution in [0.4, 0.5) is 17.6 Å². The average molecular weight is 290 g/mol. The maximum Gasteiger partial charge on any atom is 0.390 e. The zero-order valence-corrected chi connectivity index (χ0v) is 11.3. The van der Waals surface area contributed by atoms with E-state index in [-0.39, 0.29) is 0 Å². The summed E-state index contributed by atoms with van der Waals surface area (Å²) < 4.78 is 51.9. The maximum absolute atomic E-state index is 13.4. The number of piperazine rings is 1. The minimum atomic E-state index is -4.27. The van der Waals surface area contributed by atoms with Gasteiger partial charge in [0.05, 0.1) is 6.42 Å². The maximum atomic E-state index is 13.4. The van der Waals surface area contributed by atoms with E-state index in [1.54, 1.807) is 11.8 Å². The van der Waals surface area contributed by atoms with Gasteiger partial charge in [-0.1, -0.05) is 6.07 Å². The van der Waals surface area contributed by atoms with Crippen molar-refractivity contribution in [2.24, 2.45) is 0 Å². The van der Waals surface area contributed by atoms with Crippen LogP contribution in [0.15, 0.2) is 18.2 Å². The Morgan fingerprint density at radius 3 is 2.50 bits per heavy atom. The molecule has 0 spiro atoms. The number of benzene rings is 1. The van der Waals surface area contributed by atoms with E-state index in [1.165, 1.54) is 18.2 Å². The quantitative estimate of drug-likeness (QED) is 0.861. The molecule has 1 N–H and O–H groups in total. The molecule has 1 aliphatic heterocycles. The number of aryl methyl sites for hydroxylation is 1. The van der Waals surface area contributed by atoms with Crippen LogP contribution in [0.3, 0.4) is 0 Å². The Bertz CT molecular complexity index is 453. The number of alkyl halides is 3. The summed E-state index contributed by atoms with van der Waals surface area (Å²) in [6.45, 7) is 4.11. The highest BCUT2D eigenvalue weighted by Crippen LogP contribution is 2.35. The van der Waals surface area contributed by atoms with Crippen LogP contribution in [0.1, 0.15) is 23.6 Å². The molecule has 2 nitrogen and oxygen atoms in total. The molecule has 0 amide bonds. The summed E-state index contributed by atoms with van der Waals surface area (Å²) in [5, 5.41) is 3.11. The Morgan fingerprint density at radius 2 is 1.90 bits per heavy atom. The molecule has 1 aromatic carbocycles. The summed E-state index contributed by atoms with van der Waals surface area (Å²) in [5.41, 5.74) is 1.13. The molecular weight excluding hydrogens is 272 g/mol. The SMILES string of the molecule is Cc1ccc(F)cc1[C@H](CC(F)(F)F)N1CCNCC1. The average Bonchev–Trinajstić information content (AvgIpc) is 2.39. The number of nitrogens with one attached hydrogen (secondary N) is 1. The van der Waals surface area contributed by atoms with Gasteiger partial charge < -0.3 is 5.32 Å². The van der Waals surface area contributed by atoms with Crippen LogP contribution in [0.25, 0.3) is 0 Å². The molecular formula is C14H18F4N2. The summed E-state index contributed by atoms with van der Waals surface area (Å²) in [5.74, 6) is -0.493. The van der Waals surface area contributed by atoms with E-state index < -0.39 is 24.5 Å². The van der Waals surface area contributed by atoms with Crippen molar-refractivity contribution in [2.45, 2.75) is 25.6 Å². The molecule has 0 unspecified atom stereocenters. The first-order valence-electron chi connectivity index (χ1n) is 6.64. The molecule has 1 fully saturated rings. The lowest BCUT2D eigenvalue weighted by atomic mass is 9.96. The molecule has 1 atom stereocenters. The Kier molecular flexibility index (Phi) is 4.65. The van der Waals surface area contributed by atoms with E-state index >= 15 is 0 Å². The second kappa shape index (κ2) is 6.10. The summed E-state index contributed by atoms with van der Waals surface area (Å²) in [7, 11) is 0. The Morgan fingerprint density at radius 1 is 1.25 bits per heavy atom. The van der Waals surface area contributed by atoms with Crippen molar-refractivity contribution in [3.05, 3.63) is 35.1 Å². The Labute approximate surface area is 115 Å². The number of hydrogen-bond acceptors (Lipinski definition) is 2. The minimum Gasteiger partial charge on any atom is -0.314 e. The topological polar surface area (TPSA) is 15.3 Å². The van der Waals surface area contributed by atoms with Crippen molar-refractivity contribution in [3.63, 3.8) is 0 Å². The lowest BCUT2D eigenvalue weighted by molar-refractivity contribution is -0.148. The summed E-state index contributed by atoms with van der Waals surface area (Å²) >= 11 is 0. The van der Waals surface area contributed by atoms with Gasteiger partial charge in [0.15, 0.2) is 0 Å². The van der Waals surface area contributed by atoms with Crippen molar-refractivity contribution >= 4 is 0 Å². The van der Waals surface area contributed by atoms with Gasteiger partial charge in [0.2, 0.25) is 0 Å². The molecule has 6 heteroatoms. The van der Waals surface area contributed by atoms with Gasteiger partial charge in [-0.2, -0.15) is 13.2 Å². The fraction of sp³-hybridized carbons (Fsp3) is 0.571. The van der Waals surface area contributed by atoms with Crippen LogP contribution in [-0.4, -0.2) is 37.3 Å². The highest BCUT2D eigenvalue weighted by Gasteiger charge is 2.36. The van der Waals surface area contributed by atoms with Gasteiger partial charge in [0.25, 0.3) is 0 Å². The van der Waals surface area contributed by atoms with E-state index in [4.69, 9.17) is 0 Å². The van der Waals surface area contributed by atoms with Crippen molar-refractivity contribution in [2.75, 3.05) is 26.2 Å². The molecule has 0 saturated carbocycles. The van der Waals surface area contributed by atoms with Gasteiger partial charge in [-0.3, -0.25) is 4.90 Å². The van der Waals surface area contributed by atoms with Gasteiger partial charge >= 0.3 is 6.18 Å². The van der Waals surface area contributed by atoms with Crippen molar-refractivity contribution in [3.8, 4) is 0 Å². The molecule has 0 aromatic heterocycles. The van der Waals surface area contributed by atoms with Gasteiger partial charge in [-0.15, -0.1) is 0 Å². The number of halogens is 4. The number of nitrogens with zero attached hydrogens (tertiary/aromatic N) is 1. The van der Waals surface area contributed by atoms with Gasteiger partial charge in [-0.05, 0) is 30.2 Å². The number of rotatable bonds is 3. The Balaban J connectivity index is 2.31. The first-order valence-corrected chi connectivity index (χ1v) is 6.64. The second-order valence-electron chi connectivity index (χ2n) is 5.12. The standard InChI is InChI=1S/C14H18F4N2/c1-10-2-3-11(15)8-12(10)13(9-14(16,17)18)20-6-4-19-5-7-20/h2-3,8,13,19H,4-7,9H2,1H3/t13-/m0/s1. The molecule has 2 rings (SSSR count). The lowest BCUT2D eigenvalue weighted by Gasteiger charge is -2.36. The van der Waals surface area contributed by atoms with Crippen molar-refractivity contribution in [1.29, 1.82) is 0 Å². The van der Waals surface area contributed by atoms with Crippen molar-refractivity contribution in [1.82, 2.24) is 10.2 Å². The van der Waals surface area contributed by atoms with E-state index in [1.807, 2.05) is 0 Å². The third-order valence-corrected chi connectivity index (χ3v) is 3.62. The van der Waals surface area contributed by atoms with E-state index in [0.29, 0.717) is 37.3 Å². The van der Waals surface area contributed by atoms with Crippen LogP contribution in [0.5, 0.6) is 0 Å². The first-order chi connectivity index (χ1) is 9.37. The van der Waals surface area contributed by atoms with Crippen molar-refractivity contribution < 1.29 is 17.6 Å². The van der Waals surface area contributed by atoms with E-state index in [9.17, 15) is 17.6 Å². The molecule has 0 radical (unpaired) electrons. The molecule has 1 aromatic rings. The zero-order valence-electron chi connectivity index (χ0n) is 11.3. The van der Waals surface area contributed by atoms with Crippen LogP contribution < -0.4 is 5.32 Å². The fourth-order valence-electron chi connectivity index (χ4n) is 2.62. The minimum absolute atomic E-state index is 0.434. The van der Waals surface area contributed by atoms with Crippen LogP contribution in [0.2, 0.25) is 0 Å². The summed E-state index contributed by atoms with van der Waals surface area (Å²) in [6.07, 6.45) is -5.22. The third kappa shape index (κ3) is 3.93. The van der Waals surface area contributed by atoms with Crippen LogP contribution in [-0.2, 0) is 0 Å². The van der Waals surface area contributed by atoms with Gasteiger partial charge in [0.1, 0.15) is 5.82 Å². The highest BCUT2D eigenvalue weighted by atomic mass is 19.4. The van der Waals surface area contributed by atoms with Crippen LogP contribution >= 0.6 is 0 Å². The van der Waals surface area contributed by atoms with Gasteiger partial charge in [0, 0.05) is 32.2 Å². The molecule has 112 valence electrons. The largest absolute Gasteiger partial charge is 0.390 e. The van der Waals surface area contributed by atoms with E-state index in [2.05, 4.69) is 5.32 Å². The summed E-state index contributed by atoms with van der Waals surface area (Å²) in [4.78, 5) is 1.78.